The molecule has 0 radical (unpaired) electrons. The number of hydrogen-bond acceptors (Lipinski definition) is 3. The third kappa shape index (κ3) is 2.72. The van der Waals surface area contributed by atoms with Crippen LogP contribution in [0.1, 0.15) is 22.3 Å². The van der Waals surface area contributed by atoms with Gasteiger partial charge in [0.15, 0.2) is 0 Å². The van der Waals surface area contributed by atoms with Crippen molar-refractivity contribution >= 4 is 40.7 Å². The number of fused-ring (bicyclic) bond motifs is 5. The zero-order chi connectivity index (χ0) is 20.3. The van der Waals surface area contributed by atoms with Crippen LogP contribution < -0.4 is 10.2 Å². The summed E-state index contributed by atoms with van der Waals surface area (Å²) < 4.78 is 0. The van der Waals surface area contributed by atoms with Crippen LogP contribution in [0.15, 0.2) is 54.6 Å². The second kappa shape index (κ2) is 6.56. The van der Waals surface area contributed by atoms with Gasteiger partial charge in [0.1, 0.15) is 0 Å². The van der Waals surface area contributed by atoms with Crippen LogP contribution in [0, 0.1) is 30.6 Å². The molecule has 6 heteroatoms. The van der Waals surface area contributed by atoms with Gasteiger partial charge in [-0.25, -0.2) is 4.90 Å². The summed E-state index contributed by atoms with van der Waals surface area (Å²) in [6.07, 6.45) is 4.99. The standard InChI is InChI=1S/C23H19ClN2O3/c1-12-6-9-15(24)11-17(12)25-21(27)16-4-2-3-5-18(16)26-22(28)19-13-7-8-14(10-13)20(19)23(26)29/h2-9,11,13-14,19-20H,10H2,1H3,(H,25,27)/t13-,14-,19-,20-/m0/s1. The number of anilines is 2. The molecule has 1 saturated carbocycles. The first kappa shape index (κ1) is 18.1. The number of benzene rings is 2. The Labute approximate surface area is 173 Å². The summed E-state index contributed by atoms with van der Waals surface area (Å²) in [5.41, 5.74) is 2.09. The van der Waals surface area contributed by atoms with Gasteiger partial charge in [-0.1, -0.05) is 42.0 Å². The maximum atomic E-state index is 13.1. The Bertz CT molecular complexity index is 1060. The van der Waals surface area contributed by atoms with Crippen molar-refractivity contribution in [3.05, 3.63) is 70.8 Å². The van der Waals surface area contributed by atoms with Gasteiger partial charge >= 0.3 is 0 Å². The third-order valence-corrected chi connectivity index (χ3v) is 6.54. The van der Waals surface area contributed by atoms with E-state index in [2.05, 4.69) is 17.5 Å². The van der Waals surface area contributed by atoms with E-state index >= 15 is 0 Å². The summed E-state index contributed by atoms with van der Waals surface area (Å²) in [5.74, 6) is -1.13. The zero-order valence-electron chi connectivity index (χ0n) is 15.8. The molecule has 2 aromatic carbocycles. The predicted octanol–water partition coefficient (Wildman–Crippen LogP) is 4.21. The minimum atomic E-state index is -0.385. The van der Waals surface area contributed by atoms with Crippen LogP contribution in [-0.4, -0.2) is 17.7 Å². The summed E-state index contributed by atoms with van der Waals surface area (Å²) in [7, 11) is 0. The molecule has 5 nitrogen and oxygen atoms in total. The molecule has 0 aromatic heterocycles. The summed E-state index contributed by atoms with van der Waals surface area (Å²) in [4.78, 5) is 40.5. The summed E-state index contributed by atoms with van der Waals surface area (Å²) in [5, 5.41) is 3.37. The molecule has 29 heavy (non-hydrogen) atoms. The fourth-order valence-corrected chi connectivity index (χ4v) is 5.09. The van der Waals surface area contributed by atoms with Crippen LogP contribution in [0.4, 0.5) is 11.4 Å². The lowest BCUT2D eigenvalue weighted by molar-refractivity contribution is -0.123. The Morgan fingerprint density at radius 1 is 1.03 bits per heavy atom. The first-order valence-electron chi connectivity index (χ1n) is 9.68. The van der Waals surface area contributed by atoms with Gasteiger partial charge in [-0.05, 0) is 55.0 Å². The van der Waals surface area contributed by atoms with Crippen LogP contribution >= 0.6 is 11.6 Å². The van der Waals surface area contributed by atoms with E-state index in [9.17, 15) is 14.4 Å². The molecule has 146 valence electrons. The van der Waals surface area contributed by atoms with E-state index in [4.69, 9.17) is 11.6 Å². The number of para-hydroxylation sites is 1. The lowest BCUT2D eigenvalue weighted by atomic mass is 9.85. The number of carbonyl (C=O) groups excluding carboxylic acids is 3. The van der Waals surface area contributed by atoms with Crippen molar-refractivity contribution in [3.8, 4) is 0 Å². The van der Waals surface area contributed by atoms with Crippen LogP contribution in [0.5, 0.6) is 0 Å². The summed E-state index contributed by atoms with van der Waals surface area (Å²) >= 11 is 6.05. The molecule has 2 fully saturated rings. The van der Waals surface area contributed by atoms with Crippen LogP contribution in [0.25, 0.3) is 0 Å². The highest BCUT2D eigenvalue weighted by Crippen LogP contribution is 2.53. The van der Waals surface area contributed by atoms with Crippen molar-refractivity contribution in [2.45, 2.75) is 13.3 Å². The van der Waals surface area contributed by atoms with Gasteiger partial charge in [0.25, 0.3) is 5.91 Å². The maximum absolute atomic E-state index is 13.1. The molecule has 5 rings (SSSR count). The average Bonchev–Trinajstić information content (AvgIpc) is 3.38. The van der Waals surface area contributed by atoms with E-state index in [1.165, 1.54) is 4.90 Å². The Morgan fingerprint density at radius 2 is 1.69 bits per heavy atom. The van der Waals surface area contributed by atoms with Crippen molar-refractivity contribution in [1.82, 2.24) is 0 Å². The second-order valence-corrected chi connectivity index (χ2v) is 8.38. The van der Waals surface area contributed by atoms with Gasteiger partial charge in [0.2, 0.25) is 11.8 Å². The molecule has 1 heterocycles. The topological polar surface area (TPSA) is 66.5 Å². The van der Waals surface area contributed by atoms with Crippen LogP contribution in [0.2, 0.25) is 5.02 Å². The molecule has 3 aliphatic rings. The second-order valence-electron chi connectivity index (χ2n) is 7.94. The molecular formula is C23H19ClN2O3. The number of halogens is 1. The van der Waals surface area contributed by atoms with E-state index in [1.54, 1.807) is 36.4 Å². The minimum Gasteiger partial charge on any atom is -0.322 e. The molecule has 2 aromatic rings. The number of carbonyl (C=O) groups is 3. The van der Waals surface area contributed by atoms with Crippen molar-refractivity contribution in [2.75, 3.05) is 10.2 Å². The molecule has 1 aliphatic heterocycles. The number of hydrogen-bond donors (Lipinski definition) is 1. The molecule has 2 bridgehead atoms. The largest absolute Gasteiger partial charge is 0.322 e. The smallest absolute Gasteiger partial charge is 0.257 e. The maximum Gasteiger partial charge on any atom is 0.257 e. The lowest BCUT2D eigenvalue weighted by Crippen LogP contribution is -2.34. The normalized spacial score (nSPS) is 26.9. The Kier molecular flexibility index (Phi) is 4.10. The molecule has 4 atom stereocenters. The molecule has 0 unspecified atom stereocenters. The molecule has 3 amide bonds. The van der Waals surface area contributed by atoms with Gasteiger partial charge in [-0.2, -0.15) is 0 Å². The third-order valence-electron chi connectivity index (χ3n) is 6.31. The number of nitrogens with zero attached hydrogens (tertiary/aromatic N) is 1. The van der Waals surface area contributed by atoms with Crippen LogP contribution in [-0.2, 0) is 9.59 Å². The van der Waals surface area contributed by atoms with E-state index in [-0.39, 0.29) is 47.0 Å². The fraction of sp³-hybridized carbons (Fsp3) is 0.261. The van der Waals surface area contributed by atoms with E-state index in [0.717, 1.165) is 12.0 Å². The monoisotopic (exact) mass is 406 g/mol. The van der Waals surface area contributed by atoms with E-state index in [1.807, 2.05) is 13.0 Å². The van der Waals surface area contributed by atoms with Gasteiger partial charge in [-0.15, -0.1) is 0 Å². The average molecular weight is 407 g/mol. The van der Waals surface area contributed by atoms with Gasteiger partial charge in [0, 0.05) is 10.7 Å². The van der Waals surface area contributed by atoms with Gasteiger partial charge in [0.05, 0.1) is 23.1 Å². The number of aryl methyl sites for hydroxylation is 1. The van der Waals surface area contributed by atoms with Gasteiger partial charge in [-0.3, -0.25) is 14.4 Å². The lowest BCUT2D eigenvalue weighted by Gasteiger charge is -2.20. The van der Waals surface area contributed by atoms with Crippen molar-refractivity contribution in [1.29, 1.82) is 0 Å². The van der Waals surface area contributed by atoms with Crippen molar-refractivity contribution < 1.29 is 14.4 Å². The molecule has 1 N–H and O–H groups in total. The first-order chi connectivity index (χ1) is 14.0. The van der Waals surface area contributed by atoms with Gasteiger partial charge < -0.3 is 5.32 Å². The quantitative estimate of drug-likeness (QED) is 0.613. The fourth-order valence-electron chi connectivity index (χ4n) is 4.92. The zero-order valence-corrected chi connectivity index (χ0v) is 16.5. The Hall–Kier alpha value is -2.92. The molecular weight excluding hydrogens is 388 g/mol. The summed E-state index contributed by atoms with van der Waals surface area (Å²) in [6, 6.07) is 12.0. The summed E-state index contributed by atoms with van der Waals surface area (Å²) in [6.45, 7) is 1.87. The number of amides is 3. The Balaban J connectivity index is 1.49. The number of rotatable bonds is 3. The van der Waals surface area contributed by atoms with Crippen LogP contribution in [0.3, 0.4) is 0 Å². The van der Waals surface area contributed by atoms with Crippen molar-refractivity contribution in [3.63, 3.8) is 0 Å². The van der Waals surface area contributed by atoms with E-state index < -0.39 is 0 Å². The number of imide groups is 1. The molecule has 0 spiro atoms. The minimum absolute atomic E-state index is 0.126. The molecule has 1 saturated heterocycles. The molecule has 2 aliphatic carbocycles. The highest BCUT2D eigenvalue weighted by molar-refractivity contribution is 6.31. The highest BCUT2D eigenvalue weighted by atomic mass is 35.5. The number of allylic oxidation sites excluding steroid dienone is 2. The predicted molar refractivity (Wildman–Crippen MR) is 111 cm³/mol. The van der Waals surface area contributed by atoms with E-state index in [0.29, 0.717) is 16.4 Å². The SMILES string of the molecule is Cc1ccc(Cl)cc1NC(=O)c1ccccc1N1C(=O)[C@@H]2[C@@H](C1=O)[C@H]1C=C[C@H]2C1. The number of nitrogens with one attached hydrogen (secondary N) is 1. The first-order valence-corrected chi connectivity index (χ1v) is 10.1. The highest BCUT2D eigenvalue weighted by Gasteiger charge is 2.59. The van der Waals surface area contributed by atoms with Crippen molar-refractivity contribution in [2.24, 2.45) is 23.7 Å². The Morgan fingerprint density at radius 3 is 2.38 bits per heavy atom.